The Morgan fingerprint density at radius 3 is 1.93 bits per heavy atom. The molecule has 2 fully saturated rings. The highest BCUT2D eigenvalue weighted by atomic mass is 16.3. The predicted octanol–water partition coefficient (Wildman–Crippen LogP) is -0.673. The van der Waals surface area contributed by atoms with Gasteiger partial charge >= 0.3 is 0 Å². The highest BCUT2D eigenvalue weighted by molar-refractivity contribution is 4.91. The van der Waals surface area contributed by atoms with Gasteiger partial charge in [0.05, 0.1) is 18.3 Å². The molecule has 14 heavy (non-hydrogen) atoms. The fourth-order valence-corrected chi connectivity index (χ4v) is 2.59. The Labute approximate surface area is 84.2 Å². The zero-order chi connectivity index (χ0) is 10.1. The minimum atomic E-state index is -0.635. The van der Waals surface area contributed by atoms with E-state index in [1.165, 1.54) is 0 Å². The normalized spacial score (nSPS) is 45.6. The molecule has 0 amide bonds. The summed E-state index contributed by atoms with van der Waals surface area (Å²) in [5, 5.41) is 28.6. The van der Waals surface area contributed by atoms with E-state index in [0.29, 0.717) is 13.1 Å². The monoisotopic (exact) mass is 201 g/mol. The van der Waals surface area contributed by atoms with Crippen molar-refractivity contribution in [1.29, 1.82) is 0 Å². The lowest BCUT2D eigenvalue weighted by molar-refractivity contribution is 0.0246. The van der Waals surface area contributed by atoms with E-state index < -0.39 is 12.2 Å². The summed E-state index contributed by atoms with van der Waals surface area (Å²) in [5.41, 5.74) is 0. The molecule has 3 N–H and O–H groups in total. The van der Waals surface area contributed by atoms with Crippen LogP contribution in [0.5, 0.6) is 0 Å². The molecule has 0 spiro atoms. The number of aliphatic hydroxyl groups excluding tert-OH is 3. The first-order chi connectivity index (χ1) is 6.68. The van der Waals surface area contributed by atoms with Gasteiger partial charge in [-0.3, -0.25) is 4.90 Å². The second-order valence-electron chi connectivity index (χ2n) is 4.51. The minimum absolute atomic E-state index is 0.149. The highest BCUT2D eigenvalue weighted by Crippen LogP contribution is 2.26. The molecule has 2 unspecified atom stereocenters. The Morgan fingerprint density at radius 1 is 0.786 bits per heavy atom. The van der Waals surface area contributed by atoms with Gasteiger partial charge in [0, 0.05) is 19.1 Å². The van der Waals surface area contributed by atoms with Crippen LogP contribution < -0.4 is 0 Å². The Morgan fingerprint density at radius 2 is 1.36 bits per heavy atom. The van der Waals surface area contributed by atoms with Crippen molar-refractivity contribution in [1.82, 2.24) is 4.90 Å². The second-order valence-corrected chi connectivity index (χ2v) is 4.51. The maximum absolute atomic E-state index is 9.80. The first-order valence-corrected chi connectivity index (χ1v) is 5.46. The maximum atomic E-state index is 9.80. The summed E-state index contributed by atoms with van der Waals surface area (Å²) in [4.78, 5) is 2.03. The molecule has 1 saturated carbocycles. The lowest BCUT2D eigenvalue weighted by Crippen LogP contribution is -2.44. The third-order valence-electron chi connectivity index (χ3n) is 3.45. The van der Waals surface area contributed by atoms with Gasteiger partial charge in [-0.1, -0.05) is 12.8 Å². The molecular formula is C10H19NO3. The molecule has 1 saturated heterocycles. The smallest absolute Gasteiger partial charge is 0.0938 e. The van der Waals surface area contributed by atoms with Crippen LogP contribution in [-0.2, 0) is 0 Å². The molecule has 4 nitrogen and oxygen atoms in total. The Hall–Kier alpha value is -0.160. The zero-order valence-corrected chi connectivity index (χ0v) is 8.34. The fraction of sp³-hybridized carbons (Fsp3) is 1.00. The van der Waals surface area contributed by atoms with Gasteiger partial charge in [0.2, 0.25) is 0 Å². The summed E-state index contributed by atoms with van der Waals surface area (Å²) in [6, 6.07) is 0.149. The molecular weight excluding hydrogens is 182 g/mol. The summed E-state index contributed by atoms with van der Waals surface area (Å²) < 4.78 is 0. The molecule has 1 aliphatic carbocycles. The van der Waals surface area contributed by atoms with Crippen molar-refractivity contribution >= 4 is 0 Å². The lowest BCUT2D eigenvalue weighted by atomic mass is 9.91. The summed E-state index contributed by atoms with van der Waals surface area (Å²) in [5.74, 6) is 0. The van der Waals surface area contributed by atoms with Gasteiger partial charge in [-0.05, 0) is 12.8 Å². The number of aliphatic hydroxyl groups is 3. The van der Waals surface area contributed by atoms with E-state index in [1.807, 2.05) is 4.90 Å². The molecule has 0 bridgehead atoms. The molecule has 2 aliphatic rings. The number of hydrogen-bond acceptors (Lipinski definition) is 4. The van der Waals surface area contributed by atoms with Crippen LogP contribution >= 0.6 is 0 Å². The van der Waals surface area contributed by atoms with Gasteiger partial charge < -0.3 is 15.3 Å². The van der Waals surface area contributed by atoms with Crippen molar-refractivity contribution in [2.45, 2.75) is 50.0 Å². The van der Waals surface area contributed by atoms with E-state index in [9.17, 15) is 15.3 Å². The van der Waals surface area contributed by atoms with Crippen molar-refractivity contribution in [3.63, 3.8) is 0 Å². The number of nitrogens with zero attached hydrogens (tertiary/aromatic N) is 1. The molecule has 0 aromatic heterocycles. The molecule has 1 heterocycles. The fourth-order valence-electron chi connectivity index (χ4n) is 2.59. The van der Waals surface area contributed by atoms with Crippen LogP contribution in [-0.4, -0.2) is 57.7 Å². The standard InChI is InChI=1S/C10H19NO3/c12-8-4-2-1-3-7(8)11-5-9(13)10(14)6-11/h7-10,12-14H,1-6H2/t7-,8-,9?,10?/m1/s1. The summed E-state index contributed by atoms with van der Waals surface area (Å²) in [6.07, 6.45) is 2.53. The van der Waals surface area contributed by atoms with Crippen LogP contribution in [0.1, 0.15) is 25.7 Å². The predicted molar refractivity (Wildman–Crippen MR) is 51.8 cm³/mol. The van der Waals surface area contributed by atoms with Crippen LogP contribution in [0, 0.1) is 0 Å². The molecule has 0 aromatic rings. The lowest BCUT2D eigenvalue weighted by Gasteiger charge is -2.34. The molecule has 0 aromatic carbocycles. The number of β-amino-alcohol motifs (C(OH)–C–C–N with tert-alkyl or cyclic N) is 2. The summed E-state index contributed by atoms with van der Waals surface area (Å²) in [6.45, 7) is 1.01. The van der Waals surface area contributed by atoms with E-state index >= 15 is 0 Å². The minimum Gasteiger partial charge on any atom is -0.391 e. The molecule has 1 aliphatic heterocycles. The molecule has 2 rings (SSSR count). The Kier molecular flexibility index (Phi) is 3.07. The topological polar surface area (TPSA) is 63.9 Å². The Bertz CT molecular complexity index is 190. The van der Waals surface area contributed by atoms with Crippen LogP contribution in [0.3, 0.4) is 0 Å². The van der Waals surface area contributed by atoms with Crippen LogP contribution in [0.15, 0.2) is 0 Å². The SMILES string of the molecule is OC1CN([C@@H]2CCCC[C@H]2O)CC1O. The Balaban J connectivity index is 1.94. The highest BCUT2D eigenvalue weighted by Gasteiger charge is 2.37. The number of hydrogen-bond donors (Lipinski definition) is 3. The van der Waals surface area contributed by atoms with E-state index in [0.717, 1.165) is 25.7 Å². The van der Waals surface area contributed by atoms with Crippen LogP contribution in [0.25, 0.3) is 0 Å². The average Bonchev–Trinajstić information content (AvgIpc) is 2.48. The van der Waals surface area contributed by atoms with E-state index in [-0.39, 0.29) is 12.1 Å². The second kappa shape index (κ2) is 4.14. The van der Waals surface area contributed by atoms with E-state index in [4.69, 9.17) is 0 Å². The quantitative estimate of drug-likeness (QED) is 0.526. The summed E-state index contributed by atoms with van der Waals surface area (Å²) in [7, 11) is 0. The first kappa shape index (κ1) is 10.4. The maximum Gasteiger partial charge on any atom is 0.0938 e. The van der Waals surface area contributed by atoms with Crippen LogP contribution in [0.4, 0.5) is 0 Å². The van der Waals surface area contributed by atoms with E-state index in [2.05, 4.69) is 0 Å². The van der Waals surface area contributed by atoms with Gasteiger partial charge in [-0.2, -0.15) is 0 Å². The van der Waals surface area contributed by atoms with E-state index in [1.54, 1.807) is 0 Å². The third-order valence-corrected chi connectivity index (χ3v) is 3.45. The largest absolute Gasteiger partial charge is 0.391 e. The zero-order valence-electron chi connectivity index (χ0n) is 8.34. The average molecular weight is 201 g/mol. The van der Waals surface area contributed by atoms with Crippen molar-refractivity contribution < 1.29 is 15.3 Å². The molecule has 4 atom stereocenters. The number of rotatable bonds is 1. The van der Waals surface area contributed by atoms with Crippen molar-refractivity contribution in [3.8, 4) is 0 Å². The van der Waals surface area contributed by atoms with Gasteiger partial charge in [-0.25, -0.2) is 0 Å². The first-order valence-electron chi connectivity index (χ1n) is 5.46. The molecule has 0 radical (unpaired) electrons. The molecule has 4 heteroatoms. The van der Waals surface area contributed by atoms with Gasteiger partial charge in [0.1, 0.15) is 0 Å². The van der Waals surface area contributed by atoms with Gasteiger partial charge in [-0.15, -0.1) is 0 Å². The van der Waals surface area contributed by atoms with Crippen LogP contribution in [0.2, 0.25) is 0 Å². The molecule has 82 valence electrons. The van der Waals surface area contributed by atoms with Gasteiger partial charge in [0.25, 0.3) is 0 Å². The van der Waals surface area contributed by atoms with Gasteiger partial charge in [0.15, 0.2) is 0 Å². The van der Waals surface area contributed by atoms with Crippen molar-refractivity contribution in [2.75, 3.05) is 13.1 Å². The van der Waals surface area contributed by atoms with Crippen molar-refractivity contribution in [3.05, 3.63) is 0 Å². The van der Waals surface area contributed by atoms with Crippen molar-refractivity contribution in [2.24, 2.45) is 0 Å². The third kappa shape index (κ3) is 1.93. The number of likely N-dealkylation sites (tertiary alicyclic amines) is 1. The summed E-state index contributed by atoms with van der Waals surface area (Å²) >= 11 is 0.